The van der Waals surface area contributed by atoms with Crippen LogP contribution in [0, 0.1) is 11.3 Å². The van der Waals surface area contributed by atoms with Crippen LogP contribution in [0.4, 0.5) is 0 Å². The molecule has 0 radical (unpaired) electrons. The number of methoxy groups -OCH3 is 1. The number of nitriles is 1. The third-order valence-electron chi connectivity index (χ3n) is 3.48. The summed E-state index contributed by atoms with van der Waals surface area (Å²) >= 11 is 0. The van der Waals surface area contributed by atoms with Gasteiger partial charge in [0.1, 0.15) is 0 Å². The maximum Gasteiger partial charge on any atom is 0.337 e. The molecule has 5 nitrogen and oxygen atoms in total. The second kappa shape index (κ2) is 5.70. The van der Waals surface area contributed by atoms with Gasteiger partial charge in [-0.2, -0.15) is 10.4 Å². The van der Waals surface area contributed by atoms with Crippen molar-refractivity contribution < 1.29 is 9.53 Å². The van der Waals surface area contributed by atoms with Crippen molar-refractivity contribution >= 4 is 16.9 Å². The van der Waals surface area contributed by atoms with Gasteiger partial charge in [-0.25, -0.2) is 4.79 Å². The predicted molar refractivity (Wildman–Crippen MR) is 81.3 cm³/mol. The molecule has 0 spiro atoms. The Labute approximate surface area is 127 Å². The van der Waals surface area contributed by atoms with Crippen LogP contribution in [-0.4, -0.2) is 22.9 Å². The Morgan fingerprint density at radius 2 is 2.05 bits per heavy atom. The van der Waals surface area contributed by atoms with E-state index in [1.807, 2.05) is 22.9 Å². The molecule has 0 N–H and O–H groups in total. The second-order valence-electron chi connectivity index (χ2n) is 4.88. The largest absolute Gasteiger partial charge is 0.465 e. The van der Waals surface area contributed by atoms with Crippen LogP contribution in [0.1, 0.15) is 21.5 Å². The van der Waals surface area contributed by atoms with E-state index in [1.165, 1.54) is 7.11 Å². The zero-order valence-electron chi connectivity index (χ0n) is 12.0. The minimum absolute atomic E-state index is 0.359. The molecule has 0 bridgehead atoms. The van der Waals surface area contributed by atoms with Crippen LogP contribution in [-0.2, 0) is 11.3 Å². The van der Waals surface area contributed by atoms with E-state index in [9.17, 15) is 4.79 Å². The van der Waals surface area contributed by atoms with Crippen molar-refractivity contribution in [3.63, 3.8) is 0 Å². The van der Waals surface area contributed by atoms with Gasteiger partial charge in [-0.15, -0.1) is 0 Å². The maximum atomic E-state index is 11.5. The van der Waals surface area contributed by atoms with Gasteiger partial charge in [0.25, 0.3) is 0 Å². The number of nitrogens with zero attached hydrogens (tertiary/aromatic N) is 3. The first-order valence-corrected chi connectivity index (χ1v) is 6.74. The molecule has 0 saturated carbocycles. The highest BCUT2D eigenvalue weighted by Crippen LogP contribution is 2.18. The molecule has 0 unspecified atom stereocenters. The quantitative estimate of drug-likeness (QED) is 0.696. The first kappa shape index (κ1) is 13.8. The van der Waals surface area contributed by atoms with E-state index < -0.39 is 0 Å². The summed E-state index contributed by atoms with van der Waals surface area (Å²) in [6, 6.07) is 14.9. The van der Waals surface area contributed by atoms with Crippen molar-refractivity contribution in [3.8, 4) is 6.07 Å². The van der Waals surface area contributed by atoms with Gasteiger partial charge in [0, 0.05) is 5.39 Å². The Bertz CT molecular complexity index is 873. The highest BCUT2D eigenvalue weighted by molar-refractivity contribution is 5.94. The monoisotopic (exact) mass is 291 g/mol. The third kappa shape index (κ3) is 2.54. The Balaban J connectivity index is 1.91. The highest BCUT2D eigenvalue weighted by atomic mass is 16.5. The summed E-state index contributed by atoms with van der Waals surface area (Å²) in [5.74, 6) is -0.359. The van der Waals surface area contributed by atoms with Crippen molar-refractivity contribution in [2.24, 2.45) is 0 Å². The van der Waals surface area contributed by atoms with E-state index >= 15 is 0 Å². The van der Waals surface area contributed by atoms with Crippen molar-refractivity contribution in [2.75, 3.05) is 7.11 Å². The maximum absolute atomic E-state index is 11.5. The molecular formula is C17H13N3O2. The van der Waals surface area contributed by atoms with Crippen molar-refractivity contribution in [3.05, 3.63) is 65.4 Å². The summed E-state index contributed by atoms with van der Waals surface area (Å²) in [6.45, 7) is 0.604. The standard InChI is InChI=1S/C17H13N3O2/c1-22-17(21)14-6-7-16-15(8-14)10-19-20(16)11-13-4-2-12(9-18)3-5-13/h2-8,10H,11H2,1H3. The molecule has 0 atom stereocenters. The summed E-state index contributed by atoms with van der Waals surface area (Å²) in [5.41, 5.74) is 3.14. The fourth-order valence-electron chi connectivity index (χ4n) is 2.32. The molecule has 0 saturated heterocycles. The molecule has 108 valence electrons. The highest BCUT2D eigenvalue weighted by Gasteiger charge is 2.09. The van der Waals surface area contributed by atoms with E-state index in [2.05, 4.69) is 11.2 Å². The number of esters is 1. The predicted octanol–water partition coefficient (Wildman–Crippen LogP) is 2.74. The van der Waals surface area contributed by atoms with Crippen molar-refractivity contribution in [1.29, 1.82) is 5.26 Å². The topological polar surface area (TPSA) is 67.9 Å². The Morgan fingerprint density at radius 3 is 2.73 bits per heavy atom. The summed E-state index contributed by atoms with van der Waals surface area (Å²) in [5, 5.41) is 14.1. The SMILES string of the molecule is COC(=O)c1ccc2c(cnn2Cc2ccc(C#N)cc2)c1. The molecular weight excluding hydrogens is 278 g/mol. The van der Waals surface area contributed by atoms with Crippen LogP contribution in [0.15, 0.2) is 48.7 Å². The normalized spacial score (nSPS) is 10.4. The molecule has 0 aliphatic carbocycles. The molecule has 22 heavy (non-hydrogen) atoms. The van der Waals surface area contributed by atoms with Crippen LogP contribution in [0.3, 0.4) is 0 Å². The molecule has 3 rings (SSSR count). The molecule has 0 amide bonds. The zero-order chi connectivity index (χ0) is 15.5. The summed E-state index contributed by atoms with van der Waals surface area (Å²) in [4.78, 5) is 11.5. The van der Waals surface area contributed by atoms with E-state index in [-0.39, 0.29) is 5.97 Å². The van der Waals surface area contributed by atoms with E-state index in [0.29, 0.717) is 17.7 Å². The average Bonchev–Trinajstić information content (AvgIpc) is 2.97. The fraction of sp³-hybridized carbons (Fsp3) is 0.118. The Morgan fingerprint density at radius 1 is 1.27 bits per heavy atom. The number of hydrogen-bond donors (Lipinski definition) is 0. The fourth-order valence-corrected chi connectivity index (χ4v) is 2.32. The van der Waals surface area contributed by atoms with Gasteiger partial charge in [0.2, 0.25) is 0 Å². The Kier molecular flexibility index (Phi) is 3.58. The van der Waals surface area contributed by atoms with Gasteiger partial charge >= 0.3 is 5.97 Å². The molecule has 5 heteroatoms. The van der Waals surface area contributed by atoms with Crippen LogP contribution in [0.25, 0.3) is 10.9 Å². The van der Waals surface area contributed by atoms with Crippen molar-refractivity contribution in [1.82, 2.24) is 9.78 Å². The number of hydrogen-bond acceptors (Lipinski definition) is 4. The lowest BCUT2D eigenvalue weighted by Gasteiger charge is -2.05. The number of benzene rings is 2. The van der Waals surface area contributed by atoms with E-state index in [1.54, 1.807) is 30.5 Å². The van der Waals surface area contributed by atoms with Gasteiger partial charge in [-0.1, -0.05) is 12.1 Å². The lowest BCUT2D eigenvalue weighted by atomic mass is 10.1. The van der Waals surface area contributed by atoms with Crippen LogP contribution in [0.2, 0.25) is 0 Å². The number of aromatic nitrogens is 2. The lowest BCUT2D eigenvalue weighted by molar-refractivity contribution is 0.0601. The first-order chi connectivity index (χ1) is 10.7. The zero-order valence-corrected chi connectivity index (χ0v) is 12.0. The van der Waals surface area contributed by atoms with Gasteiger partial charge in [0.15, 0.2) is 0 Å². The van der Waals surface area contributed by atoms with Crippen LogP contribution >= 0.6 is 0 Å². The molecule has 0 aliphatic rings. The first-order valence-electron chi connectivity index (χ1n) is 6.74. The smallest absolute Gasteiger partial charge is 0.337 e. The van der Waals surface area contributed by atoms with Gasteiger partial charge < -0.3 is 4.74 Å². The Hall–Kier alpha value is -3.13. The van der Waals surface area contributed by atoms with Gasteiger partial charge in [-0.05, 0) is 35.9 Å². The molecule has 1 aromatic heterocycles. The molecule has 0 aliphatic heterocycles. The van der Waals surface area contributed by atoms with Gasteiger partial charge in [0.05, 0.1) is 42.6 Å². The van der Waals surface area contributed by atoms with E-state index in [4.69, 9.17) is 10.00 Å². The summed E-state index contributed by atoms with van der Waals surface area (Å²) < 4.78 is 6.58. The average molecular weight is 291 g/mol. The third-order valence-corrected chi connectivity index (χ3v) is 3.48. The number of carbonyl (C=O) groups excluding carboxylic acids is 1. The van der Waals surface area contributed by atoms with Crippen LogP contribution in [0.5, 0.6) is 0 Å². The number of carbonyl (C=O) groups is 1. The van der Waals surface area contributed by atoms with E-state index in [0.717, 1.165) is 16.5 Å². The van der Waals surface area contributed by atoms with Crippen molar-refractivity contribution in [2.45, 2.75) is 6.54 Å². The number of rotatable bonds is 3. The lowest BCUT2D eigenvalue weighted by Crippen LogP contribution is -2.03. The molecule has 2 aromatic carbocycles. The summed E-state index contributed by atoms with van der Waals surface area (Å²) in [7, 11) is 1.36. The van der Waals surface area contributed by atoms with Gasteiger partial charge in [-0.3, -0.25) is 4.68 Å². The summed E-state index contributed by atoms with van der Waals surface area (Å²) in [6.07, 6.45) is 1.73. The minimum Gasteiger partial charge on any atom is -0.465 e. The molecule has 0 fully saturated rings. The van der Waals surface area contributed by atoms with Crippen LogP contribution < -0.4 is 0 Å². The number of ether oxygens (including phenoxy) is 1. The number of fused-ring (bicyclic) bond motifs is 1. The molecule has 3 aromatic rings. The molecule has 1 heterocycles. The second-order valence-corrected chi connectivity index (χ2v) is 4.88. The minimum atomic E-state index is -0.359.